The highest BCUT2D eigenvalue weighted by Crippen LogP contribution is 2.43. The van der Waals surface area contributed by atoms with E-state index in [1.54, 1.807) is 19.9 Å². The quantitative estimate of drug-likeness (QED) is 0.648. The average molecular weight is 361 g/mol. The van der Waals surface area contributed by atoms with Gasteiger partial charge >= 0.3 is 0 Å². The van der Waals surface area contributed by atoms with Gasteiger partial charge < -0.3 is 10.6 Å². The van der Waals surface area contributed by atoms with E-state index in [-0.39, 0.29) is 11.7 Å². The van der Waals surface area contributed by atoms with E-state index in [2.05, 4.69) is 15.6 Å². The number of para-hydroxylation sites is 1. The molecule has 0 aliphatic carbocycles. The van der Waals surface area contributed by atoms with Crippen LogP contribution in [0.3, 0.4) is 0 Å². The average Bonchev–Trinajstić information content (AvgIpc) is 2.89. The van der Waals surface area contributed by atoms with E-state index in [1.807, 2.05) is 18.2 Å². The molecule has 0 fully saturated rings. The van der Waals surface area contributed by atoms with Crippen molar-refractivity contribution in [2.75, 3.05) is 10.6 Å². The van der Waals surface area contributed by atoms with Crippen LogP contribution in [0.5, 0.6) is 0 Å². The molecule has 1 aromatic carbocycles. The van der Waals surface area contributed by atoms with Gasteiger partial charge in [0.05, 0.1) is 16.3 Å². The summed E-state index contributed by atoms with van der Waals surface area (Å²) in [5.74, 6) is -0.956. The van der Waals surface area contributed by atoms with Crippen LogP contribution < -0.4 is 10.6 Å². The number of amides is 2. The first kappa shape index (κ1) is 16.7. The number of rotatable bonds is 3. The molecule has 1 aliphatic rings. The number of fused-ring (bicyclic) bond motifs is 1. The zero-order valence-corrected chi connectivity index (χ0v) is 14.9. The van der Waals surface area contributed by atoms with Gasteiger partial charge in [0.2, 0.25) is 5.91 Å². The van der Waals surface area contributed by atoms with Gasteiger partial charge in [-0.25, -0.2) is 4.98 Å². The Kier molecular flexibility index (Phi) is 4.18. The van der Waals surface area contributed by atoms with Crippen LogP contribution in [0.1, 0.15) is 29.2 Å². The molecule has 2 amide bonds. The first-order chi connectivity index (χ1) is 11.3. The predicted molar refractivity (Wildman–Crippen MR) is 94.8 cm³/mol. The van der Waals surface area contributed by atoms with E-state index in [9.17, 15) is 14.4 Å². The Bertz CT molecular complexity index is 862. The molecule has 1 aliphatic heterocycles. The summed E-state index contributed by atoms with van der Waals surface area (Å²) in [5.41, 5.74) is 1.26. The van der Waals surface area contributed by atoms with Crippen LogP contribution in [0.25, 0.3) is 0 Å². The summed E-state index contributed by atoms with van der Waals surface area (Å²) in [7, 11) is 0. The minimum atomic E-state index is -1.32. The second-order valence-electron chi connectivity index (χ2n) is 5.53. The normalized spacial score (nSPS) is 19.4. The number of thiazole rings is 1. The van der Waals surface area contributed by atoms with Crippen LogP contribution in [-0.4, -0.2) is 27.3 Å². The Morgan fingerprint density at radius 3 is 2.67 bits per heavy atom. The van der Waals surface area contributed by atoms with Crippen LogP contribution in [0, 0.1) is 6.92 Å². The fourth-order valence-corrected chi connectivity index (χ4v) is 4.27. The number of hydrogen-bond acceptors (Lipinski definition) is 6. The van der Waals surface area contributed by atoms with E-state index in [0.29, 0.717) is 21.4 Å². The third kappa shape index (κ3) is 2.83. The number of hydrogen-bond donors (Lipinski definition) is 2. The first-order valence-electron chi connectivity index (χ1n) is 7.20. The van der Waals surface area contributed by atoms with Crippen molar-refractivity contribution in [3.05, 3.63) is 34.8 Å². The molecular formula is C16H15N3O3S2. The highest BCUT2D eigenvalue weighted by Gasteiger charge is 2.46. The summed E-state index contributed by atoms with van der Waals surface area (Å²) in [5, 5.41) is 5.74. The molecule has 6 nitrogen and oxygen atoms in total. The summed E-state index contributed by atoms with van der Waals surface area (Å²) >= 11 is 2.31. The number of carbonyl (C=O) groups excluding carboxylic acids is 3. The number of nitrogens with zero attached hydrogens (tertiary/aromatic N) is 1. The molecule has 24 heavy (non-hydrogen) atoms. The van der Waals surface area contributed by atoms with Crippen molar-refractivity contribution in [1.82, 2.24) is 4.98 Å². The molecule has 1 aromatic heterocycles. The number of aromatic nitrogens is 1. The molecule has 2 heterocycles. The number of nitrogens with one attached hydrogen (secondary N) is 2. The van der Waals surface area contributed by atoms with Gasteiger partial charge in [-0.05, 0) is 26.0 Å². The second-order valence-corrected chi connectivity index (χ2v) is 7.99. The Morgan fingerprint density at radius 1 is 1.29 bits per heavy atom. The van der Waals surface area contributed by atoms with E-state index < -0.39 is 10.7 Å². The van der Waals surface area contributed by atoms with Crippen LogP contribution in [-0.2, 0) is 9.59 Å². The topological polar surface area (TPSA) is 88.2 Å². The molecule has 3 rings (SSSR count). The van der Waals surface area contributed by atoms with Crippen LogP contribution >= 0.6 is 23.1 Å². The molecule has 1 unspecified atom stereocenters. The number of aryl methyl sites for hydroxylation is 1. The lowest BCUT2D eigenvalue weighted by Gasteiger charge is -2.31. The van der Waals surface area contributed by atoms with Crippen LogP contribution in [0.2, 0.25) is 0 Å². The minimum absolute atomic E-state index is 0.101. The summed E-state index contributed by atoms with van der Waals surface area (Å²) < 4.78 is -1.32. The van der Waals surface area contributed by atoms with Crippen molar-refractivity contribution in [3.63, 3.8) is 0 Å². The predicted octanol–water partition coefficient (Wildman–Crippen LogP) is 3.10. The van der Waals surface area contributed by atoms with Crippen molar-refractivity contribution in [3.8, 4) is 0 Å². The van der Waals surface area contributed by atoms with E-state index in [4.69, 9.17) is 0 Å². The molecule has 8 heteroatoms. The number of carbonyl (C=O) groups is 3. The Balaban J connectivity index is 1.85. The fraction of sp³-hybridized carbons (Fsp3) is 0.250. The summed E-state index contributed by atoms with van der Waals surface area (Å²) in [4.78, 5) is 42.1. The Hall–Kier alpha value is -2.19. The number of benzene rings is 1. The molecule has 0 bridgehead atoms. The molecule has 124 valence electrons. The molecule has 0 spiro atoms. The number of thioether (sulfide) groups is 1. The Morgan fingerprint density at radius 2 is 2.00 bits per heavy atom. The highest BCUT2D eigenvalue weighted by molar-refractivity contribution is 8.02. The maximum Gasteiger partial charge on any atom is 0.252 e. The SMILES string of the molecule is CC(=O)c1sc(NC(=O)C2(C)Sc3ccccc3NC2=O)nc1C. The number of Topliss-reactive ketones (excluding diaryl/α,β-unsaturated/α-hetero) is 1. The summed E-state index contributed by atoms with van der Waals surface area (Å²) in [6, 6.07) is 7.32. The van der Waals surface area contributed by atoms with E-state index >= 15 is 0 Å². The third-order valence-electron chi connectivity index (χ3n) is 3.65. The molecule has 0 radical (unpaired) electrons. The monoisotopic (exact) mass is 361 g/mol. The van der Waals surface area contributed by atoms with Gasteiger partial charge in [-0.1, -0.05) is 35.2 Å². The van der Waals surface area contributed by atoms with Gasteiger partial charge in [0.15, 0.2) is 15.7 Å². The van der Waals surface area contributed by atoms with Gasteiger partial charge in [-0.2, -0.15) is 0 Å². The lowest BCUT2D eigenvalue weighted by Crippen LogP contribution is -2.49. The molecule has 0 saturated carbocycles. The van der Waals surface area contributed by atoms with Gasteiger partial charge in [0.1, 0.15) is 0 Å². The van der Waals surface area contributed by atoms with Crippen molar-refractivity contribution < 1.29 is 14.4 Å². The maximum atomic E-state index is 12.7. The van der Waals surface area contributed by atoms with Crippen LogP contribution in [0.4, 0.5) is 10.8 Å². The van der Waals surface area contributed by atoms with Gasteiger partial charge in [-0.3, -0.25) is 14.4 Å². The second kappa shape index (κ2) is 6.03. The van der Waals surface area contributed by atoms with Crippen LogP contribution in [0.15, 0.2) is 29.2 Å². The van der Waals surface area contributed by atoms with Crippen molar-refractivity contribution in [1.29, 1.82) is 0 Å². The van der Waals surface area contributed by atoms with Gasteiger partial charge in [0.25, 0.3) is 5.91 Å². The maximum absolute atomic E-state index is 12.7. The third-order valence-corrected chi connectivity index (χ3v) is 6.18. The van der Waals surface area contributed by atoms with E-state index in [0.717, 1.165) is 16.2 Å². The minimum Gasteiger partial charge on any atom is -0.323 e. The lowest BCUT2D eigenvalue weighted by atomic mass is 10.1. The number of anilines is 2. The highest BCUT2D eigenvalue weighted by atomic mass is 32.2. The largest absolute Gasteiger partial charge is 0.323 e. The van der Waals surface area contributed by atoms with Crippen molar-refractivity contribution in [2.45, 2.75) is 30.4 Å². The van der Waals surface area contributed by atoms with Gasteiger partial charge in [-0.15, -0.1) is 0 Å². The summed E-state index contributed by atoms with van der Waals surface area (Å²) in [6.07, 6.45) is 0. The molecule has 2 aromatic rings. The molecule has 2 N–H and O–H groups in total. The fourth-order valence-electron chi connectivity index (χ4n) is 2.31. The van der Waals surface area contributed by atoms with Crippen molar-refractivity contribution >= 4 is 51.5 Å². The van der Waals surface area contributed by atoms with E-state index in [1.165, 1.54) is 18.7 Å². The zero-order chi connectivity index (χ0) is 17.5. The molecule has 0 saturated heterocycles. The smallest absolute Gasteiger partial charge is 0.252 e. The zero-order valence-electron chi connectivity index (χ0n) is 13.3. The first-order valence-corrected chi connectivity index (χ1v) is 8.84. The van der Waals surface area contributed by atoms with Gasteiger partial charge in [0, 0.05) is 11.8 Å². The Labute approximate surface area is 147 Å². The summed E-state index contributed by atoms with van der Waals surface area (Å²) in [6.45, 7) is 4.74. The number of ketones is 1. The van der Waals surface area contributed by atoms with Crippen molar-refractivity contribution in [2.24, 2.45) is 0 Å². The molecule has 1 atom stereocenters. The standard InChI is InChI=1S/C16H15N3O3S2/c1-8-12(9(2)20)23-15(17-8)19-14(22)16(3)13(21)18-10-6-4-5-7-11(10)24-16/h4-7H,1-3H3,(H,18,21)(H,17,19,22). The molecular weight excluding hydrogens is 346 g/mol. The lowest BCUT2D eigenvalue weighted by molar-refractivity contribution is -0.126.